The largest absolute Gasteiger partial charge is 0.487 e. The van der Waals surface area contributed by atoms with Crippen molar-refractivity contribution in [2.45, 2.75) is 141 Å². The molecule has 246 valence electrons. The Hall–Kier alpha value is -1.58. The summed E-state index contributed by atoms with van der Waals surface area (Å²) in [6.07, 6.45) is -10.0. The van der Waals surface area contributed by atoms with Crippen LogP contribution in [-0.2, 0) is 20.6 Å². The van der Waals surface area contributed by atoms with Gasteiger partial charge >= 0.3 is 0 Å². The predicted octanol–water partition coefficient (Wildman–Crippen LogP) is 0.525. The van der Waals surface area contributed by atoms with Gasteiger partial charge in [0, 0.05) is 5.56 Å². The molecule has 0 aliphatic carbocycles. The van der Waals surface area contributed by atoms with E-state index in [0.717, 1.165) is 60.1 Å². The maximum absolute atomic E-state index is 10.8. The molecule has 1 aromatic rings. The Morgan fingerprint density at radius 1 is 0.814 bits per heavy atom. The Kier molecular flexibility index (Phi) is 11.0. The van der Waals surface area contributed by atoms with Crippen LogP contribution in [0.15, 0.2) is 0 Å². The van der Waals surface area contributed by atoms with E-state index in [1.165, 1.54) is 0 Å². The molecule has 1 unspecified atom stereocenters. The summed E-state index contributed by atoms with van der Waals surface area (Å²) in [6.45, 7) is 11.3. The van der Waals surface area contributed by atoms with Crippen molar-refractivity contribution >= 4 is 0 Å². The highest BCUT2D eigenvalue weighted by molar-refractivity contribution is 5.59. The van der Waals surface area contributed by atoms with Crippen LogP contribution in [-0.4, -0.2) is 116 Å². The normalized spacial score (nSPS) is 38.1. The average molecular weight is 615 g/mol. The van der Waals surface area contributed by atoms with E-state index in [1.54, 1.807) is 0 Å². The third-order valence-electron chi connectivity index (χ3n) is 9.23. The van der Waals surface area contributed by atoms with Gasteiger partial charge in [0.1, 0.15) is 65.9 Å². The van der Waals surface area contributed by atoms with Crippen LogP contribution >= 0.6 is 0 Å². The van der Waals surface area contributed by atoms with Crippen LogP contribution in [0.3, 0.4) is 0 Å². The molecule has 3 aliphatic rings. The first-order valence-electron chi connectivity index (χ1n) is 15.3. The van der Waals surface area contributed by atoms with E-state index in [1.807, 2.05) is 20.8 Å². The van der Waals surface area contributed by atoms with Gasteiger partial charge in [-0.3, -0.25) is 0 Å². The number of aliphatic hydroxyl groups excluding tert-OH is 7. The summed E-state index contributed by atoms with van der Waals surface area (Å²) in [5.41, 5.74) is 3.32. The molecule has 0 saturated carbocycles. The number of rotatable bonds is 10. The molecule has 0 bridgehead atoms. The summed E-state index contributed by atoms with van der Waals surface area (Å²) in [5.74, 6) is 1.98. The minimum Gasteiger partial charge on any atom is -0.487 e. The second kappa shape index (κ2) is 13.8. The quantitative estimate of drug-likeness (QED) is 0.194. The number of benzene rings is 1. The maximum atomic E-state index is 10.8. The Balaban J connectivity index is 1.48. The summed E-state index contributed by atoms with van der Waals surface area (Å²) in [5, 5.41) is 71.7. The van der Waals surface area contributed by atoms with Gasteiger partial charge in [0.25, 0.3) is 0 Å². The molecule has 12 nitrogen and oxygen atoms in total. The first-order chi connectivity index (χ1) is 20.2. The molecule has 0 amide bonds. The number of aliphatic hydroxyl groups is 7. The van der Waals surface area contributed by atoms with Crippen LogP contribution in [0.1, 0.15) is 68.7 Å². The van der Waals surface area contributed by atoms with Crippen molar-refractivity contribution in [2.24, 2.45) is 5.92 Å². The molecule has 3 heterocycles. The van der Waals surface area contributed by atoms with Crippen molar-refractivity contribution in [1.29, 1.82) is 0 Å². The second-order valence-electron chi connectivity index (χ2n) is 13.0. The smallest absolute Gasteiger partial charge is 0.229 e. The molecule has 0 radical (unpaired) electrons. The Morgan fingerprint density at radius 2 is 1.42 bits per heavy atom. The number of fused-ring (bicyclic) bond motifs is 1. The fourth-order valence-electron chi connectivity index (χ4n) is 6.18. The average Bonchev–Trinajstić information content (AvgIpc) is 2.96. The molecule has 12 heteroatoms. The third kappa shape index (κ3) is 7.14. The van der Waals surface area contributed by atoms with E-state index >= 15 is 0 Å². The van der Waals surface area contributed by atoms with Crippen LogP contribution in [0.2, 0.25) is 0 Å². The van der Waals surface area contributed by atoms with E-state index < -0.39 is 74.6 Å². The van der Waals surface area contributed by atoms with Gasteiger partial charge in [-0.1, -0.05) is 20.3 Å². The molecule has 0 spiro atoms. The molecule has 7 N–H and O–H groups in total. The maximum Gasteiger partial charge on any atom is 0.229 e. The lowest BCUT2D eigenvalue weighted by Crippen LogP contribution is -2.62. The molecule has 0 aromatic heterocycles. The highest BCUT2D eigenvalue weighted by Crippen LogP contribution is 2.45. The first-order valence-corrected chi connectivity index (χ1v) is 15.3. The van der Waals surface area contributed by atoms with Crippen molar-refractivity contribution in [3.05, 3.63) is 22.3 Å². The Labute approximate surface area is 253 Å². The highest BCUT2D eigenvalue weighted by atomic mass is 16.7. The van der Waals surface area contributed by atoms with Gasteiger partial charge in [0.15, 0.2) is 6.29 Å². The van der Waals surface area contributed by atoms with Gasteiger partial charge in [-0.15, -0.1) is 0 Å². The number of hydrogen-bond donors (Lipinski definition) is 7. The fourth-order valence-corrected chi connectivity index (χ4v) is 6.18. The molecule has 2 fully saturated rings. The van der Waals surface area contributed by atoms with Crippen molar-refractivity contribution in [3.8, 4) is 11.5 Å². The van der Waals surface area contributed by atoms with Crippen LogP contribution in [0.5, 0.6) is 11.5 Å². The van der Waals surface area contributed by atoms with E-state index in [9.17, 15) is 35.7 Å². The summed E-state index contributed by atoms with van der Waals surface area (Å²) < 4.78 is 29.6. The highest BCUT2D eigenvalue weighted by Gasteiger charge is 2.48. The van der Waals surface area contributed by atoms with Gasteiger partial charge in [-0.2, -0.15) is 0 Å². The van der Waals surface area contributed by atoms with Crippen molar-refractivity contribution in [3.63, 3.8) is 0 Å². The van der Waals surface area contributed by atoms with Gasteiger partial charge in [0.05, 0.1) is 13.2 Å². The second-order valence-corrected chi connectivity index (χ2v) is 13.0. The molecular formula is C31H50O12. The Bertz CT molecular complexity index is 1100. The molecule has 3 aliphatic heterocycles. The molecule has 1 aromatic carbocycles. The van der Waals surface area contributed by atoms with Crippen LogP contribution in [0, 0.1) is 26.7 Å². The van der Waals surface area contributed by atoms with Crippen molar-refractivity contribution in [2.75, 3.05) is 13.2 Å². The number of hydrogen-bond acceptors (Lipinski definition) is 12. The SMILES string of the molecule is Cc1c(C)c2c(c(C)c1O[C@@H]1O[C@H](CO[C@@H]3O[C@H](CO)[C@@H](O)[C@H](O)[C@H]3O)[C@@H](O)[C@H](O)[C@H]1O)CCC(C)(CCCC(C)C)O2. The fraction of sp³-hybridized carbons (Fsp3) is 0.806. The lowest BCUT2D eigenvalue weighted by Gasteiger charge is -2.43. The lowest BCUT2D eigenvalue weighted by molar-refractivity contribution is -0.323. The van der Waals surface area contributed by atoms with E-state index in [0.29, 0.717) is 11.7 Å². The summed E-state index contributed by atoms with van der Waals surface area (Å²) >= 11 is 0. The van der Waals surface area contributed by atoms with Crippen LogP contribution < -0.4 is 9.47 Å². The molecule has 11 atom stereocenters. The molecular weight excluding hydrogens is 564 g/mol. The van der Waals surface area contributed by atoms with Crippen LogP contribution in [0.4, 0.5) is 0 Å². The summed E-state index contributed by atoms with van der Waals surface area (Å²) in [6, 6.07) is 0. The van der Waals surface area contributed by atoms with Crippen molar-refractivity contribution in [1.82, 2.24) is 0 Å². The van der Waals surface area contributed by atoms with Crippen LogP contribution in [0.25, 0.3) is 0 Å². The van der Waals surface area contributed by atoms with Gasteiger partial charge in [-0.25, -0.2) is 0 Å². The number of ether oxygens (including phenoxy) is 5. The monoisotopic (exact) mass is 614 g/mol. The summed E-state index contributed by atoms with van der Waals surface area (Å²) in [4.78, 5) is 0. The zero-order valence-electron chi connectivity index (χ0n) is 26.0. The van der Waals surface area contributed by atoms with Gasteiger partial charge in [-0.05, 0) is 76.0 Å². The predicted molar refractivity (Wildman–Crippen MR) is 154 cm³/mol. The van der Waals surface area contributed by atoms with Gasteiger partial charge < -0.3 is 59.4 Å². The minimum atomic E-state index is -1.65. The van der Waals surface area contributed by atoms with E-state index in [4.69, 9.17) is 23.7 Å². The summed E-state index contributed by atoms with van der Waals surface area (Å²) in [7, 11) is 0. The first kappa shape index (κ1) is 34.3. The standard InChI is InChI=1S/C31H50O12/c1-14(2)8-7-10-31(6)11-9-18-17(5)27(15(3)16(4)28(18)43-31)42-30-26(38)24(36)22(34)20(41-30)13-39-29-25(37)23(35)21(33)19(12-32)40-29/h14,19-26,29-30,32-38H,7-13H2,1-6H3/t19-,20-,21-,22-,23+,24+,25-,26-,29-,30+,31?/m1/s1. The minimum absolute atomic E-state index is 0.259. The van der Waals surface area contributed by atoms with Crippen molar-refractivity contribution < 1.29 is 59.4 Å². The van der Waals surface area contributed by atoms with E-state index in [2.05, 4.69) is 20.8 Å². The third-order valence-corrected chi connectivity index (χ3v) is 9.23. The molecule has 43 heavy (non-hydrogen) atoms. The van der Waals surface area contributed by atoms with E-state index in [-0.39, 0.29) is 5.60 Å². The zero-order chi connectivity index (χ0) is 31.8. The topological polar surface area (TPSA) is 188 Å². The lowest BCUT2D eigenvalue weighted by atomic mass is 9.84. The van der Waals surface area contributed by atoms with Gasteiger partial charge in [0.2, 0.25) is 6.29 Å². The molecule has 4 rings (SSSR count). The Morgan fingerprint density at radius 3 is 2.05 bits per heavy atom. The zero-order valence-corrected chi connectivity index (χ0v) is 26.0. The molecule has 2 saturated heterocycles.